The molecule has 1 aromatic rings. The van der Waals surface area contributed by atoms with E-state index in [1.807, 2.05) is 0 Å². The van der Waals surface area contributed by atoms with Crippen LogP contribution in [0.15, 0.2) is 24.3 Å². The number of nitrogens with zero attached hydrogens (tertiary/aromatic N) is 1. The van der Waals surface area contributed by atoms with E-state index in [1.54, 1.807) is 0 Å². The summed E-state index contributed by atoms with van der Waals surface area (Å²) in [5.74, 6) is 1.00. The van der Waals surface area contributed by atoms with Crippen molar-refractivity contribution in [2.75, 3.05) is 26.2 Å². The molecule has 0 aliphatic rings. The molecule has 0 heterocycles. The summed E-state index contributed by atoms with van der Waals surface area (Å²) in [5.41, 5.74) is 7.34. The zero-order valence-electron chi connectivity index (χ0n) is 14.7. The number of rotatable bonds is 12. The fourth-order valence-corrected chi connectivity index (χ4v) is 2.79. The predicted molar refractivity (Wildman–Crippen MR) is 95.4 cm³/mol. The van der Waals surface area contributed by atoms with Crippen LogP contribution < -0.4 is 10.5 Å². The average molecular weight is 306 g/mol. The van der Waals surface area contributed by atoms with Crippen LogP contribution in [0.4, 0.5) is 0 Å². The molecule has 1 aromatic carbocycles. The standard InChI is InChI=1S/C19H34N2O/c1-4-7-11-15-22-19-13-10-9-12-17(19)18(16-20)21(6-3)14-8-5-2/h9-10,12-13,18H,4-8,11,14-16,20H2,1-3H3. The fraction of sp³-hybridized carbons (Fsp3) is 0.684. The molecule has 0 aliphatic heterocycles. The van der Waals surface area contributed by atoms with Crippen molar-refractivity contribution in [2.24, 2.45) is 5.73 Å². The lowest BCUT2D eigenvalue weighted by molar-refractivity contribution is 0.202. The van der Waals surface area contributed by atoms with Crippen LogP contribution in [0.3, 0.4) is 0 Å². The summed E-state index contributed by atoms with van der Waals surface area (Å²) in [6.45, 7) is 10.2. The molecule has 3 nitrogen and oxygen atoms in total. The van der Waals surface area contributed by atoms with Crippen LogP contribution >= 0.6 is 0 Å². The molecule has 0 spiro atoms. The lowest BCUT2D eigenvalue weighted by atomic mass is 10.0. The molecule has 0 saturated carbocycles. The van der Waals surface area contributed by atoms with Gasteiger partial charge in [-0.3, -0.25) is 4.90 Å². The highest BCUT2D eigenvalue weighted by Crippen LogP contribution is 2.29. The van der Waals surface area contributed by atoms with Crippen molar-refractivity contribution >= 4 is 0 Å². The molecular weight excluding hydrogens is 272 g/mol. The topological polar surface area (TPSA) is 38.5 Å². The molecule has 0 aromatic heterocycles. The predicted octanol–water partition coefficient (Wildman–Crippen LogP) is 4.38. The summed E-state index contributed by atoms with van der Waals surface area (Å²) in [6, 6.07) is 8.64. The van der Waals surface area contributed by atoms with E-state index < -0.39 is 0 Å². The average Bonchev–Trinajstić information content (AvgIpc) is 2.56. The Morgan fingerprint density at radius 2 is 1.77 bits per heavy atom. The Hall–Kier alpha value is -1.06. The van der Waals surface area contributed by atoms with Gasteiger partial charge in [0.1, 0.15) is 5.75 Å². The lowest BCUT2D eigenvalue weighted by Gasteiger charge is -2.31. The monoisotopic (exact) mass is 306 g/mol. The maximum Gasteiger partial charge on any atom is 0.124 e. The minimum atomic E-state index is 0.249. The van der Waals surface area contributed by atoms with Crippen molar-refractivity contribution in [1.29, 1.82) is 0 Å². The molecule has 0 bridgehead atoms. The molecule has 1 unspecified atom stereocenters. The Labute approximate surface area is 136 Å². The van der Waals surface area contributed by atoms with Gasteiger partial charge in [-0.05, 0) is 32.0 Å². The van der Waals surface area contributed by atoms with Crippen LogP contribution in [0.1, 0.15) is 64.5 Å². The van der Waals surface area contributed by atoms with Gasteiger partial charge < -0.3 is 10.5 Å². The molecule has 1 atom stereocenters. The van der Waals surface area contributed by atoms with Crippen LogP contribution in [-0.4, -0.2) is 31.1 Å². The molecule has 22 heavy (non-hydrogen) atoms. The summed E-state index contributed by atoms with van der Waals surface area (Å²) < 4.78 is 6.04. The minimum absolute atomic E-state index is 0.249. The second kappa shape index (κ2) is 11.5. The zero-order valence-corrected chi connectivity index (χ0v) is 14.7. The number of hydrogen-bond donors (Lipinski definition) is 1. The van der Waals surface area contributed by atoms with Gasteiger partial charge in [0.15, 0.2) is 0 Å². The number of para-hydroxylation sites is 1. The van der Waals surface area contributed by atoms with Crippen LogP contribution in [0, 0.1) is 0 Å². The normalized spacial score (nSPS) is 12.6. The lowest BCUT2D eigenvalue weighted by Crippen LogP contribution is -2.34. The molecular formula is C19H34N2O. The molecule has 0 aliphatic carbocycles. The highest BCUT2D eigenvalue weighted by atomic mass is 16.5. The highest BCUT2D eigenvalue weighted by molar-refractivity contribution is 5.36. The van der Waals surface area contributed by atoms with Gasteiger partial charge in [0.2, 0.25) is 0 Å². The van der Waals surface area contributed by atoms with E-state index >= 15 is 0 Å². The first-order valence-electron chi connectivity index (χ1n) is 8.94. The van der Waals surface area contributed by atoms with E-state index in [2.05, 4.69) is 49.9 Å². The molecule has 2 N–H and O–H groups in total. The van der Waals surface area contributed by atoms with Crippen LogP contribution in [-0.2, 0) is 0 Å². The Kier molecular flexibility index (Phi) is 9.93. The third kappa shape index (κ3) is 5.98. The van der Waals surface area contributed by atoms with E-state index in [-0.39, 0.29) is 6.04 Å². The molecule has 126 valence electrons. The van der Waals surface area contributed by atoms with Crippen LogP contribution in [0.25, 0.3) is 0 Å². The van der Waals surface area contributed by atoms with E-state index in [0.717, 1.165) is 31.9 Å². The smallest absolute Gasteiger partial charge is 0.124 e. The summed E-state index contributed by atoms with van der Waals surface area (Å²) in [5, 5.41) is 0. The van der Waals surface area contributed by atoms with Crippen molar-refractivity contribution in [2.45, 2.75) is 58.9 Å². The first kappa shape index (κ1) is 19.0. The Morgan fingerprint density at radius 1 is 1.05 bits per heavy atom. The third-order valence-electron chi connectivity index (χ3n) is 4.15. The maximum atomic E-state index is 6.10. The largest absolute Gasteiger partial charge is 0.493 e. The van der Waals surface area contributed by atoms with Gasteiger partial charge in [0.05, 0.1) is 12.6 Å². The van der Waals surface area contributed by atoms with Crippen molar-refractivity contribution in [3.05, 3.63) is 29.8 Å². The van der Waals surface area contributed by atoms with Crippen molar-refractivity contribution < 1.29 is 4.74 Å². The maximum absolute atomic E-state index is 6.10. The van der Waals surface area contributed by atoms with Gasteiger partial charge in [-0.15, -0.1) is 0 Å². The molecule has 1 rings (SSSR count). The third-order valence-corrected chi connectivity index (χ3v) is 4.15. The number of likely N-dealkylation sites (N-methyl/N-ethyl adjacent to an activating group) is 1. The Balaban J connectivity index is 2.81. The second-order valence-corrected chi connectivity index (χ2v) is 5.83. The molecule has 3 heteroatoms. The van der Waals surface area contributed by atoms with Crippen LogP contribution in [0.2, 0.25) is 0 Å². The van der Waals surface area contributed by atoms with E-state index in [9.17, 15) is 0 Å². The van der Waals surface area contributed by atoms with Gasteiger partial charge in [-0.1, -0.05) is 58.2 Å². The summed E-state index contributed by atoms with van der Waals surface area (Å²) >= 11 is 0. The summed E-state index contributed by atoms with van der Waals surface area (Å²) in [6.07, 6.45) is 5.98. The highest BCUT2D eigenvalue weighted by Gasteiger charge is 2.20. The first-order valence-corrected chi connectivity index (χ1v) is 8.94. The number of ether oxygens (including phenoxy) is 1. The minimum Gasteiger partial charge on any atom is -0.493 e. The van der Waals surface area contributed by atoms with Crippen LogP contribution in [0.5, 0.6) is 5.75 Å². The fourth-order valence-electron chi connectivity index (χ4n) is 2.79. The molecule has 0 saturated heterocycles. The van der Waals surface area contributed by atoms with E-state index in [0.29, 0.717) is 6.54 Å². The van der Waals surface area contributed by atoms with Crippen molar-refractivity contribution in [3.63, 3.8) is 0 Å². The zero-order chi connectivity index (χ0) is 16.2. The number of unbranched alkanes of at least 4 members (excludes halogenated alkanes) is 3. The quantitative estimate of drug-likeness (QED) is 0.582. The summed E-state index contributed by atoms with van der Waals surface area (Å²) in [7, 11) is 0. The van der Waals surface area contributed by atoms with E-state index in [4.69, 9.17) is 10.5 Å². The Bertz CT molecular complexity index is 395. The van der Waals surface area contributed by atoms with Crippen molar-refractivity contribution in [3.8, 4) is 5.75 Å². The second-order valence-electron chi connectivity index (χ2n) is 5.83. The van der Waals surface area contributed by atoms with Gasteiger partial charge in [0.25, 0.3) is 0 Å². The van der Waals surface area contributed by atoms with Crippen molar-refractivity contribution in [1.82, 2.24) is 4.90 Å². The van der Waals surface area contributed by atoms with Gasteiger partial charge in [-0.25, -0.2) is 0 Å². The van der Waals surface area contributed by atoms with Gasteiger partial charge in [-0.2, -0.15) is 0 Å². The molecule has 0 fully saturated rings. The number of hydrogen-bond acceptors (Lipinski definition) is 3. The van der Waals surface area contributed by atoms with E-state index in [1.165, 1.54) is 31.2 Å². The SMILES string of the molecule is CCCCCOc1ccccc1C(CN)N(CC)CCCC. The molecule has 0 amide bonds. The number of benzene rings is 1. The first-order chi connectivity index (χ1) is 10.8. The number of nitrogens with two attached hydrogens (primary N) is 1. The Morgan fingerprint density at radius 3 is 2.41 bits per heavy atom. The summed E-state index contributed by atoms with van der Waals surface area (Å²) in [4.78, 5) is 2.47. The molecule has 0 radical (unpaired) electrons. The van der Waals surface area contributed by atoms with Gasteiger partial charge >= 0.3 is 0 Å². The van der Waals surface area contributed by atoms with Gasteiger partial charge in [0, 0.05) is 12.1 Å².